The molecule has 3 N–H and O–H groups in total. The van der Waals surface area contributed by atoms with Crippen molar-refractivity contribution < 1.29 is 29.3 Å². The number of hydrogen-bond donors (Lipinski definition) is 3. The SMILES string of the molecule is CCC12C[C@@H](C=Cc3ccccn3)NC(=O)C[C@H](O)C(C)(C)C(=O)[C@@H](C3CO3)[C@H](O)[C@@H](C)CCCC1(C)O2. The Bertz CT molecular complexity index is 1020. The van der Waals surface area contributed by atoms with E-state index in [-0.39, 0.29) is 47.4 Å². The van der Waals surface area contributed by atoms with Crippen molar-refractivity contribution in [3.05, 3.63) is 36.2 Å². The molecule has 4 heterocycles. The average molecular weight is 529 g/mol. The van der Waals surface area contributed by atoms with Crippen molar-refractivity contribution in [1.82, 2.24) is 10.3 Å². The van der Waals surface area contributed by atoms with Gasteiger partial charge in [-0.2, -0.15) is 0 Å². The number of nitrogens with zero attached hydrogens (tertiary/aromatic N) is 1. The summed E-state index contributed by atoms with van der Waals surface area (Å²) in [6, 6.07) is 5.32. The van der Waals surface area contributed by atoms with E-state index in [0.717, 1.165) is 31.4 Å². The lowest BCUT2D eigenvalue weighted by atomic mass is 9.71. The molecule has 1 aromatic rings. The topological polar surface area (TPSA) is 125 Å². The van der Waals surface area contributed by atoms with Gasteiger partial charge in [0.05, 0.1) is 65.6 Å². The number of carbonyl (C=O) groups is 2. The molecule has 8 nitrogen and oxygen atoms in total. The fraction of sp³-hybridized carbons (Fsp3) is 0.700. The van der Waals surface area contributed by atoms with Gasteiger partial charge in [-0.25, -0.2) is 0 Å². The molecule has 0 bridgehead atoms. The molecule has 3 saturated heterocycles. The van der Waals surface area contributed by atoms with Gasteiger partial charge in [-0.15, -0.1) is 0 Å². The van der Waals surface area contributed by atoms with E-state index in [1.54, 1.807) is 20.0 Å². The van der Waals surface area contributed by atoms with Crippen LogP contribution in [0.3, 0.4) is 0 Å². The molecule has 38 heavy (non-hydrogen) atoms. The number of aliphatic hydroxyl groups excluding tert-OH is 2. The van der Waals surface area contributed by atoms with E-state index in [1.165, 1.54) is 0 Å². The van der Waals surface area contributed by atoms with Gasteiger partial charge in [0.1, 0.15) is 5.78 Å². The van der Waals surface area contributed by atoms with Crippen LogP contribution < -0.4 is 5.32 Å². The van der Waals surface area contributed by atoms with Gasteiger partial charge >= 0.3 is 0 Å². The highest BCUT2D eigenvalue weighted by Gasteiger charge is 2.65. The van der Waals surface area contributed by atoms with E-state index in [1.807, 2.05) is 37.3 Å². The van der Waals surface area contributed by atoms with Crippen LogP contribution in [-0.4, -0.2) is 69.1 Å². The summed E-state index contributed by atoms with van der Waals surface area (Å²) < 4.78 is 11.9. The minimum Gasteiger partial charge on any atom is -0.392 e. The maximum Gasteiger partial charge on any atom is 0.223 e. The van der Waals surface area contributed by atoms with Crippen LogP contribution in [0.25, 0.3) is 6.08 Å². The van der Waals surface area contributed by atoms with E-state index in [9.17, 15) is 19.8 Å². The van der Waals surface area contributed by atoms with Crippen molar-refractivity contribution in [3.8, 4) is 0 Å². The summed E-state index contributed by atoms with van der Waals surface area (Å²) in [5, 5.41) is 25.4. The van der Waals surface area contributed by atoms with Crippen LogP contribution in [0.4, 0.5) is 0 Å². The molecule has 0 aliphatic carbocycles. The minimum absolute atomic E-state index is 0.121. The number of Topliss-reactive ketones (excluding diaryl/α,β-unsaturated/α-hetero) is 1. The van der Waals surface area contributed by atoms with Crippen LogP contribution >= 0.6 is 0 Å². The van der Waals surface area contributed by atoms with Crippen molar-refractivity contribution in [3.63, 3.8) is 0 Å². The molecule has 0 spiro atoms. The molecular formula is C30H44N2O6. The second-order valence-electron chi connectivity index (χ2n) is 12.2. The molecule has 3 fully saturated rings. The summed E-state index contributed by atoms with van der Waals surface area (Å²) >= 11 is 0. The van der Waals surface area contributed by atoms with Crippen LogP contribution in [0.5, 0.6) is 0 Å². The summed E-state index contributed by atoms with van der Waals surface area (Å²) in [7, 11) is 0. The number of aromatic nitrogens is 1. The quantitative estimate of drug-likeness (QED) is 0.511. The third-order valence-corrected chi connectivity index (χ3v) is 9.17. The van der Waals surface area contributed by atoms with Crippen LogP contribution in [0, 0.1) is 17.3 Å². The monoisotopic (exact) mass is 528 g/mol. The predicted octanol–water partition coefficient (Wildman–Crippen LogP) is 3.45. The van der Waals surface area contributed by atoms with E-state index in [0.29, 0.717) is 13.0 Å². The van der Waals surface area contributed by atoms with Crippen LogP contribution in [0.2, 0.25) is 0 Å². The normalized spacial score (nSPS) is 40.4. The fourth-order valence-corrected chi connectivity index (χ4v) is 6.13. The molecule has 0 saturated carbocycles. The standard InChI is InChI=1S/C30H44N2O6/c1-6-30-17-21(13-12-20-11-7-8-15-31-20)32-24(34)16-23(33)28(3,4)27(36)25(22-18-37-22)26(35)19(2)10-9-14-29(30,5)38-30/h7-8,11-13,15,19,21-23,25-26,33,35H,6,9-10,14,16-18H2,1-5H3,(H,32,34)/t19-,21+,22?,23-,25-,26+,29?,30?/m0/s1. The largest absolute Gasteiger partial charge is 0.392 e. The smallest absolute Gasteiger partial charge is 0.223 e. The molecule has 3 aliphatic rings. The van der Waals surface area contributed by atoms with Crippen molar-refractivity contribution in [1.29, 1.82) is 0 Å². The summed E-state index contributed by atoms with van der Waals surface area (Å²) in [5.41, 5.74) is -1.15. The first-order valence-electron chi connectivity index (χ1n) is 14.0. The maximum absolute atomic E-state index is 13.7. The van der Waals surface area contributed by atoms with Crippen LogP contribution in [0.1, 0.15) is 78.8 Å². The lowest BCUT2D eigenvalue weighted by Crippen LogP contribution is -2.49. The number of fused-ring (bicyclic) bond motifs is 1. The molecule has 1 amide bonds. The molecule has 8 atom stereocenters. The number of aliphatic hydroxyl groups is 2. The Labute approximate surface area is 226 Å². The molecule has 3 unspecified atom stereocenters. The Morgan fingerprint density at radius 1 is 1.21 bits per heavy atom. The number of ketones is 1. The highest BCUT2D eigenvalue weighted by molar-refractivity contribution is 5.89. The number of ether oxygens (including phenoxy) is 2. The number of pyridine rings is 1. The van der Waals surface area contributed by atoms with Gasteiger partial charge in [0.15, 0.2) is 0 Å². The zero-order chi connectivity index (χ0) is 27.7. The number of hydrogen-bond acceptors (Lipinski definition) is 7. The molecular weight excluding hydrogens is 484 g/mol. The Balaban J connectivity index is 1.61. The van der Waals surface area contributed by atoms with E-state index < -0.39 is 23.5 Å². The molecule has 0 radical (unpaired) electrons. The first kappa shape index (κ1) is 28.9. The summed E-state index contributed by atoms with van der Waals surface area (Å²) in [6.07, 6.45) is 6.68. The Kier molecular flexibility index (Phi) is 8.48. The van der Waals surface area contributed by atoms with Gasteiger partial charge in [-0.1, -0.05) is 46.3 Å². The van der Waals surface area contributed by atoms with Crippen molar-refractivity contribution in [2.24, 2.45) is 17.3 Å². The molecule has 1 aromatic heterocycles. The zero-order valence-electron chi connectivity index (χ0n) is 23.4. The van der Waals surface area contributed by atoms with E-state index in [4.69, 9.17) is 9.47 Å². The van der Waals surface area contributed by atoms with E-state index in [2.05, 4.69) is 24.1 Å². The molecule has 210 valence electrons. The molecule has 0 aromatic carbocycles. The number of epoxide rings is 2. The van der Waals surface area contributed by atoms with Crippen LogP contribution in [-0.2, 0) is 19.1 Å². The minimum atomic E-state index is -1.23. The van der Waals surface area contributed by atoms with Gasteiger partial charge in [0, 0.05) is 12.6 Å². The maximum atomic E-state index is 13.7. The molecule has 3 aliphatic heterocycles. The lowest BCUT2D eigenvalue weighted by Gasteiger charge is -2.35. The van der Waals surface area contributed by atoms with Gasteiger partial charge in [-0.3, -0.25) is 14.6 Å². The highest BCUT2D eigenvalue weighted by atomic mass is 16.6. The highest BCUT2D eigenvalue weighted by Crippen LogP contribution is 2.56. The zero-order valence-corrected chi connectivity index (χ0v) is 23.4. The van der Waals surface area contributed by atoms with Gasteiger partial charge in [-0.05, 0) is 50.3 Å². The third-order valence-electron chi connectivity index (χ3n) is 9.17. The van der Waals surface area contributed by atoms with Gasteiger partial charge in [0.25, 0.3) is 0 Å². The average Bonchev–Trinajstić information content (AvgIpc) is 3.80. The Hall–Kier alpha value is -2.13. The number of nitrogens with one attached hydrogen (secondary N) is 1. The number of carbonyl (C=O) groups excluding carboxylic acids is 2. The number of amides is 1. The predicted molar refractivity (Wildman–Crippen MR) is 144 cm³/mol. The lowest BCUT2D eigenvalue weighted by molar-refractivity contribution is -0.145. The number of rotatable bonds is 4. The third kappa shape index (κ3) is 6.03. The molecule has 8 heteroatoms. The first-order chi connectivity index (χ1) is 17.9. The van der Waals surface area contributed by atoms with Crippen molar-refractivity contribution in [2.45, 2.75) is 109 Å². The molecule has 4 rings (SSSR count). The Morgan fingerprint density at radius 3 is 2.58 bits per heavy atom. The van der Waals surface area contributed by atoms with Crippen molar-refractivity contribution >= 4 is 17.8 Å². The van der Waals surface area contributed by atoms with Crippen LogP contribution in [0.15, 0.2) is 30.5 Å². The van der Waals surface area contributed by atoms with Gasteiger partial charge in [0.2, 0.25) is 5.91 Å². The Morgan fingerprint density at radius 2 is 1.95 bits per heavy atom. The summed E-state index contributed by atoms with van der Waals surface area (Å²) in [4.78, 5) is 31.2. The fourth-order valence-electron chi connectivity index (χ4n) is 6.13. The second kappa shape index (κ2) is 11.2. The summed E-state index contributed by atoms with van der Waals surface area (Å²) in [5.74, 6) is -1.46. The summed E-state index contributed by atoms with van der Waals surface area (Å²) in [6.45, 7) is 9.92. The van der Waals surface area contributed by atoms with Gasteiger partial charge < -0.3 is 25.0 Å². The second-order valence-corrected chi connectivity index (χ2v) is 12.2. The first-order valence-corrected chi connectivity index (χ1v) is 14.0. The van der Waals surface area contributed by atoms with Crippen molar-refractivity contribution in [2.75, 3.05) is 6.61 Å². The van der Waals surface area contributed by atoms with E-state index >= 15 is 0 Å².